The second-order valence-corrected chi connectivity index (χ2v) is 10.1. The molecule has 2 aromatic carbocycles. The number of hydrogen-bond acceptors (Lipinski definition) is 4. The van der Waals surface area contributed by atoms with Gasteiger partial charge in [0.05, 0.1) is 20.9 Å². The van der Waals surface area contributed by atoms with E-state index in [1.807, 2.05) is 22.8 Å². The van der Waals surface area contributed by atoms with Crippen molar-refractivity contribution < 1.29 is 13.2 Å². The van der Waals surface area contributed by atoms with Crippen LogP contribution in [0.5, 0.6) is 0 Å². The molecule has 0 aliphatic heterocycles. The molecule has 8 heteroatoms. The molecule has 0 aliphatic carbocycles. The quantitative estimate of drug-likeness (QED) is 0.547. The van der Waals surface area contributed by atoms with Crippen molar-refractivity contribution in [3.63, 3.8) is 0 Å². The number of carbonyl (C=O) groups excluding carboxylic acids is 1. The van der Waals surface area contributed by atoms with Gasteiger partial charge in [0.15, 0.2) is 14.6 Å². The SMILES string of the molecule is CCCn1c(=NC(=O)CCS(=O)(=O)c2ccccc2)sc2cc(Br)ccc21. The maximum Gasteiger partial charge on any atom is 0.249 e. The van der Waals surface area contributed by atoms with Crippen molar-refractivity contribution in [2.75, 3.05) is 5.75 Å². The molecule has 0 spiro atoms. The number of amides is 1. The summed E-state index contributed by atoms with van der Waals surface area (Å²) in [6.45, 7) is 2.81. The van der Waals surface area contributed by atoms with Crippen LogP contribution in [0.2, 0.25) is 0 Å². The van der Waals surface area contributed by atoms with Gasteiger partial charge in [-0.2, -0.15) is 4.99 Å². The summed E-state index contributed by atoms with van der Waals surface area (Å²) in [5.41, 5.74) is 1.02. The van der Waals surface area contributed by atoms with Gasteiger partial charge >= 0.3 is 0 Å². The van der Waals surface area contributed by atoms with E-state index in [9.17, 15) is 13.2 Å². The Hall–Kier alpha value is -1.77. The number of benzene rings is 2. The number of aryl methyl sites for hydroxylation is 1. The van der Waals surface area contributed by atoms with E-state index >= 15 is 0 Å². The maximum absolute atomic E-state index is 12.3. The molecule has 3 rings (SSSR count). The Labute approximate surface area is 170 Å². The molecule has 3 aromatic rings. The van der Waals surface area contributed by atoms with Gasteiger partial charge in [0.1, 0.15) is 0 Å². The van der Waals surface area contributed by atoms with E-state index in [2.05, 4.69) is 27.8 Å². The third-order valence-corrected chi connectivity index (χ3v) is 7.27. The Morgan fingerprint density at radius 2 is 1.93 bits per heavy atom. The average molecular weight is 467 g/mol. The van der Waals surface area contributed by atoms with Crippen LogP contribution in [0.25, 0.3) is 10.2 Å². The van der Waals surface area contributed by atoms with Crippen molar-refractivity contribution in [2.45, 2.75) is 31.2 Å². The Balaban J connectivity index is 1.86. The molecule has 1 aromatic heterocycles. The van der Waals surface area contributed by atoms with Crippen LogP contribution in [0, 0.1) is 0 Å². The minimum absolute atomic E-state index is 0.138. The molecule has 0 unspecified atom stereocenters. The predicted molar refractivity (Wildman–Crippen MR) is 111 cm³/mol. The van der Waals surface area contributed by atoms with E-state index in [-0.39, 0.29) is 17.1 Å². The smallest absolute Gasteiger partial charge is 0.249 e. The van der Waals surface area contributed by atoms with Gasteiger partial charge in [-0.25, -0.2) is 8.42 Å². The highest BCUT2D eigenvalue weighted by Crippen LogP contribution is 2.22. The Morgan fingerprint density at radius 3 is 2.63 bits per heavy atom. The lowest BCUT2D eigenvalue weighted by molar-refractivity contribution is -0.117. The number of fused-ring (bicyclic) bond motifs is 1. The molecule has 5 nitrogen and oxygen atoms in total. The van der Waals surface area contributed by atoms with E-state index in [1.165, 1.54) is 23.5 Å². The summed E-state index contributed by atoms with van der Waals surface area (Å²) in [7, 11) is -3.49. The summed E-state index contributed by atoms with van der Waals surface area (Å²) in [5.74, 6) is -0.672. The highest BCUT2D eigenvalue weighted by atomic mass is 79.9. The van der Waals surface area contributed by atoms with Crippen LogP contribution >= 0.6 is 27.3 Å². The van der Waals surface area contributed by atoms with Crippen LogP contribution in [-0.2, 0) is 21.2 Å². The molecule has 0 radical (unpaired) electrons. The minimum atomic E-state index is -3.49. The first-order valence-corrected chi connectivity index (χ1v) is 11.8. The number of halogens is 1. The summed E-state index contributed by atoms with van der Waals surface area (Å²) in [6, 6.07) is 14.1. The molecule has 0 fully saturated rings. The zero-order chi connectivity index (χ0) is 19.4. The molecule has 1 amide bonds. The number of nitrogens with zero attached hydrogens (tertiary/aromatic N) is 2. The van der Waals surface area contributed by atoms with Crippen LogP contribution in [0.3, 0.4) is 0 Å². The predicted octanol–water partition coefficient (Wildman–Crippen LogP) is 4.17. The van der Waals surface area contributed by atoms with Crippen LogP contribution in [0.15, 0.2) is 62.9 Å². The second kappa shape index (κ2) is 8.50. The first-order valence-electron chi connectivity index (χ1n) is 8.55. The first-order chi connectivity index (χ1) is 12.9. The lowest BCUT2D eigenvalue weighted by Gasteiger charge is -2.03. The van der Waals surface area contributed by atoms with Gasteiger partial charge < -0.3 is 4.57 Å². The van der Waals surface area contributed by atoms with Crippen LogP contribution in [0.1, 0.15) is 19.8 Å². The van der Waals surface area contributed by atoms with Crippen molar-refractivity contribution in [1.82, 2.24) is 4.57 Å². The molecular weight excluding hydrogens is 448 g/mol. The molecule has 1 heterocycles. The molecule has 0 saturated heterocycles. The fraction of sp³-hybridized carbons (Fsp3) is 0.263. The molecule has 0 aliphatic rings. The molecular formula is C19H19BrN2O3S2. The van der Waals surface area contributed by atoms with E-state index in [0.717, 1.165) is 27.7 Å². The van der Waals surface area contributed by atoms with Gasteiger partial charge in [0.2, 0.25) is 5.91 Å². The van der Waals surface area contributed by atoms with Crippen LogP contribution < -0.4 is 4.80 Å². The number of sulfone groups is 1. The Kier molecular flexibility index (Phi) is 6.29. The zero-order valence-corrected chi connectivity index (χ0v) is 18.0. The van der Waals surface area contributed by atoms with Gasteiger partial charge in [-0.3, -0.25) is 4.79 Å². The van der Waals surface area contributed by atoms with Gasteiger partial charge in [-0.05, 0) is 36.8 Å². The van der Waals surface area contributed by atoms with Crippen molar-refractivity contribution in [3.05, 3.63) is 57.8 Å². The largest absolute Gasteiger partial charge is 0.316 e. The van der Waals surface area contributed by atoms with Crippen molar-refractivity contribution in [1.29, 1.82) is 0 Å². The number of carbonyl (C=O) groups is 1. The summed E-state index contributed by atoms with van der Waals surface area (Å²) >= 11 is 4.89. The average Bonchev–Trinajstić information content (AvgIpc) is 2.97. The van der Waals surface area contributed by atoms with Gasteiger partial charge in [0, 0.05) is 17.4 Å². The highest BCUT2D eigenvalue weighted by Gasteiger charge is 2.16. The molecule has 142 valence electrons. The van der Waals surface area contributed by atoms with Crippen molar-refractivity contribution in [3.8, 4) is 0 Å². The van der Waals surface area contributed by atoms with Gasteiger partial charge in [-0.15, -0.1) is 0 Å². The van der Waals surface area contributed by atoms with Crippen molar-refractivity contribution >= 4 is 53.2 Å². The van der Waals surface area contributed by atoms with E-state index in [0.29, 0.717) is 4.80 Å². The van der Waals surface area contributed by atoms with E-state index < -0.39 is 15.7 Å². The molecule has 0 atom stereocenters. The number of aromatic nitrogens is 1. The zero-order valence-electron chi connectivity index (χ0n) is 14.8. The maximum atomic E-state index is 12.3. The van der Waals surface area contributed by atoms with E-state index in [1.54, 1.807) is 18.2 Å². The topological polar surface area (TPSA) is 68.5 Å². The second-order valence-electron chi connectivity index (χ2n) is 6.04. The summed E-state index contributed by atoms with van der Waals surface area (Å²) in [4.78, 5) is 17.4. The fourth-order valence-corrected chi connectivity index (χ4v) is 5.58. The molecule has 0 bridgehead atoms. The third kappa shape index (κ3) is 4.75. The Bertz CT molecular complexity index is 1130. The van der Waals surface area contributed by atoms with Crippen LogP contribution in [-0.4, -0.2) is 24.6 Å². The van der Waals surface area contributed by atoms with Crippen molar-refractivity contribution in [2.24, 2.45) is 4.99 Å². The fourth-order valence-electron chi connectivity index (χ4n) is 2.70. The highest BCUT2D eigenvalue weighted by molar-refractivity contribution is 9.10. The van der Waals surface area contributed by atoms with E-state index in [4.69, 9.17) is 0 Å². The summed E-state index contributed by atoms with van der Waals surface area (Å²) < 4.78 is 28.7. The van der Waals surface area contributed by atoms with Gasteiger partial charge in [0.25, 0.3) is 0 Å². The monoisotopic (exact) mass is 466 g/mol. The van der Waals surface area contributed by atoms with Gasteiger partial charge in [-0.1, -0.05) is 52.4 Å². The Morgan fingerprint density at radius 1 is 1.19 bits per heavy atom. The molecule has 0 N–H and O–H groups in total. The number of thiazole rings is 1. The minimum Gasteiger partial charge on any atom is -0.316 e. The lowest BCUT2D eigenvalue weighted by Crippen LogP contribution is -2.18. The number of rotatable bonds is 6. The first kappa shape index (κ1) is 20.0. The third-order valence-electron chi connectivity index (χ3n) is 4.00. The lowest BCUT2D eigenvalue weighted by atomic mass is 10.3. The standard InChI is InChI=1S/C19H19BrN2O3S2/c1-2-11-22-16-9-8-14(20)13-17(16)26-19(22)21-18(23)10-12-27(24,25)15-6-4-3-5-7-15/h3-9,13H,2,10-12H2,1H3. The molecule has 27 heavy (non-hydrogen) atoms. The molecule has 0 saturated carbocycles. The normalized spacial score (nSPS) is 12.6. The van der Waals surface area contributed by atoms with Crippen LogP contribution in [0.4, 0.5) is 0 Å². The number of hydrogen-bond donors (Lipinski definition) is 0. The summed E-state index contributed by atoms with van der Waals surface area (Å²) in [5, 5.41) is 0. The summed E-state index contributed by atoms with van der Waals surface area (Å²) in [6.07, 6.45) is 0.771.